The molecule has 4 nitrogen and oxygen atoms in total. The van der Waals surface area contributed by atoms with Crippen LogP contribution in [-0.2, 0) is 16.6 Å². The van der Waals surface area contributed by atoms with Gasteiger partial charge in [-0.05, 0) is 59.3 Å². The van der Waals surface area contributed by atoms with Gasteiger partial charge in [0, 0.05) is 23.6 Å². The van der Waals surface area contributed by atoms with Gasteiger partial charge in [0.1, 0.15) is 0 Å². The SMILES string of the molecule is CCCNS(=O)(=O)c1cc(CNC2CC2)cc(C)c1Br. The minimum atomic E-state index is -3.45. The van der Waals surface area contributed by atoms with Crippen molar-refractivity contribution in [2.24, 2.45) is 0 Å². The van der Waals surface area contributed by atoms with Gasteiger partial charge in [0.15, 0.2) is 0 Å². The van der Waals surface area contributed by atoms with Gasteiger partial charge in [-0.2, -0.15) is 0 Å². The van der Waals surface area contributed by atoms with Crippen LogP contribution >= 0.6 is 15.9 Å². The summed E-state index contributed by atoms with van der Waals surface area (Å²) in [5.74, 6) is 0. The molecule has 0 spiro atoms. The molecule has 0 radical (unpaired) electrons. The molecule has 0 unspecified atom stereocenters. The van der Waals surface area contributed by atoms with Crippen molar-refractivity contribution in [2.75, 3.05) is 6.54 Å². The highest BCUT2D eigenvalue weighted by molar-refractivity contribution is 9.10. The third-order valence-electron chi connectivity index (χ3n) is 3.28. The molecule has 1 fully saturated rings. The van der Waals surface area contributed by atoms with Crippen molar-refractivity contribution in [3.63, 3.8) is 0 Å². The molecule has 0 heterocycles. The number of sulfonamides is 1. The summed E-state index contributed by atoms with van der Waals surface area (Å²) in [6.07, 6.45) is 3.22. The summed E-state index contributed by atoms with van der Waals surface area (Å²) in [7, 11) is -3.45. The summed E-state index contributed by atoms with van der Waals surface area (Å²) >= 11 is 3.39. The Morgan fingerprint density at radius 1 is 1.35 bits per heavy atom. The molecule has 0 aliphatic heterocycles. The van der Waals surface area contributed by atoms with Crippen molar-refractivity contribution in [2.45, 2.75) is 50.6 Å². The number of aryl methyl sites for hydroxylation is 1. The molecule has 20 heavy (non-hydrogen) atoms. The number of rotatable bonds is 7. The first kappa shape index (κ1) is 15.9. The summed E-state index contributed by atoms with van der Waals surface area (Å²) in [6, 6.07) is 4.39. The first-order chi connectivity index (χ1) is 9.44. The van der Waals surface area contributed by atoms with Gasteiger partial charge in [-0.1, -0.05) is 13.0 Å². The molecule has 112 valence electrons. The summed E-state index contributed by atoms with van der Waals surface area (Å²) in [4.78, 5) is 0.332. The van der Waals surface area contributed by atoms with E-state index >= 15 is 0 Å². The van der Waals surface area contributed by atoms with E-state index in [0.717, 1.165) is 24.1 Å². The maximum atomic E-state index is 12.3. The van der Waals surface area contributed by atoms with Crippen LogP contribution < -0.4 is 10.0 Å². The fourth-order valence-corrected chi connectivity index (χ4v) is 4.17. The lowest BCUT2D eigenvalue weighted by Gasteiger charge is -2.13. The Bertz CT molecular complexity index is 583. The predicted octanol–water partition coefficient (Wildman–Crippen LogP) is 2.70. The number of nitrogens with one attached hydrogen (secondary N) is 2. The van der Waals surface area contributed by atoms with Crippen molar-refractivity contribution in [1.29, 1.82) is 0 Å². The Balaban J connectivity index is 2.25. The number of hydrogen-bond acceptors (Lipinski definition) is 3. The monoisotopic (exact) mass is 360 g/mol. The van der Waals surface area contributed by atoms with E-state index < -0.39 is 10.0 Å². The summed E-state index contributed by atoms with van der Waals surface area (Å²) in [5.41, 5.74) is 1.95. The minimum Gasteiger partial charge on any atom is -0.310 e. The maximum Gasteiger partial charge on any atom is 0.241 e. The van der Waals surface area contributed by atoms with Crippen molar-refractivity contribution in [1.82, 2.24) is 10.0 Å². The van der Waals surface area contributed by atoms with Gasteiger partial charge < -0.3 is 5.32 Å². The van der Waals surface area contributed by atoms with Crippen LogP contribution in [0.2, 0.25) is 0 Å². The number of hydrogen-bond donors (Lipinski definition) is 2. The van der Waals surface area contributed by atoms with Crippen LogP contribution in [0.5, 0.6) is 0 Å². The molecule has 1 aromatic rings. The zero-order valence-electron chi connectivity index (χ0n) is 11.9. The Morgan fingerprint density at radius 3 is 2.65 bits per heavy atom. The average molecular weight is 361 g/mol. The van der Waals surface area contributed by atoms with Gasteiger partial charge in [0.25, 0.3) is 0 Å². The summed E-state index contributed by atoms with van der Waals surface area (Å²) in [6.45, 7) is 5.04. The van der Waals surface area contributed by atoms with E-state index in [0.29, 0.717) is 22.0 Å². The maximum absolute atomic E-state index is 12.3. The highest BCUT2D eigenvalue weighted by atomic mass is 79.9. The first-order valence-corrected chi connectivity index (χ1v) is 9.23. The zero-order chi connectivity index (χ0) is 14.8. The molecule has 1 saturated carbocycles. The second-order valence-electron chi connectivity index (χ2n) is 5.28. The Kier molecular flexibility index (Phi) is 5.23. The van der Waals surface area contributed by atoms with E-state index in [2.05, 4.69) is 26.0 Å². The highest BCUT2D eigenvalue weighted by Crippen LogP contribution is 2.28. The second kappa shape index (κ2) is 6.56. The highest BCUT2D eigenvalue weighted by Gasteiger charge is 2.22. The molecule has 1 aliphatic carbocycles. The molecule has 0 amide bonds. The smallest absolute Gasteiger partial charge is 0.241 e. The molecule has 1 aliphatic rings. The fourth-order valence-electron chi connectivity index (χ4n) is 1.97. The van der Waals surface area contributed by atoms with Gasteiger partial charge in [0.2, 0.25) is 10.0 Å². The minimum absolute atomic E-state index is 0.332. The predicted molar refractivity (Wildman–Crippen MR) is 84.2 cm³/mol. The molecule has 0 bridgehead atoms. The number of halogens is 1. The largest absolute Gasteiger partial charge is 0.310 e. The molecule has 0 aromatic heterocycles. The lowest BCUT2D eigenvalue weighted by Crippen LogP contribution is -2.25. The van der Waals surface area contributed by atoms with E-state index in [4.69, 9.17) is 0 Å². The van der Waals surface area contributed by atoms with Gasteiger partial charge in [-0.25, -0.2) is 13.1 Å². The van der Waals surface area contributed by atoms with Gasteiger partial charge >= 0.3 is 0 Å². The Hall–Kier alpha value is -0.430. The third-order valence-corrected chi connectivity index (χ3v) is 6.08. The normalized spacial score (nSPS) is 15.6. The molecule has 6 heteroatoms. The summed E-state index contributed by atoms with van der Waals surface area (Å²) in [5, 5.41) is 3.41. The number of benzene rings is 1. The van der Waals surface area contributed by atoms with Crippen LogP contribution in [0.4, 0.5) is 0 Å². The second-order valence-corrected chi connectivity index (χ2v) is 7.81. The molecule has 0 atom stereocenters. The van der Waals surface area contributed by atoms with Crippen molar-refractivity contribution < 1.29 is 8.42 Å². The lowest BCUT2D eigenvalue weighted by molar-refractivity contribution is 0.579. The average Bonchev–Trinajstić information content (AvgIpc) is 3.21. The van der Waals surface area contributed by atoms with Gasteiger partial charge in [-0.15, -0.1) is 0 Å². The van der Waals surface area contributed by atoms with Crippen molar-refractivity contribution in [3.05, 3.63) is 27.7 Å². The van der Waals surface area contributed by atoms with E-state index in [1.54, 1.807) is 6.07 Å². The van der Waals surface area contributed by atoms with Crippen LogP contribution in [0.1, 0.15) is 37.3 Å². The van der Waals surface area contributed by atoms with E-state index in [9.17, 15) is 8.42 Å². The van der Waals surface area contributed by atoms with Crippen LogP contribution in [0.25, 0.3) is 0 Å². The van der Waals surface area contributed by atoms with Crippen LogP contribution in [0.3, 0.4) is 0 Å². The summed E-state index contributed by atoms with van der Waals surface area (Å²) < 4.78 is 27.9. The Labute approximate surface area is 129 Å². The molecule has 2 N–H and O–H groups in total. The standard InChI is InChI=1S/C14H21BrN2O2S/c1-3-6-17-20(18,19)13-8-11(7-10(2)14(13)15)9-16-12-4-5-12/h7-8,12,16-17H,3-6,9H2,1-2H3. The third kappa shape index (κ3) is 4.04. The molecular formula is C14H21BrN2O2S. The van der Waals surface area contributed by atoms with E-state index in [1.165, 1.54) is 12.8 Å². The van der Waals surface area contributed by atoms with Crippen LogP contribution in [0.15, 0.2) is 21.5 Å². The lowest BCUT2D eigenvalue weighted by atomic mass is 10.1. The fraction of sp³-hybridized carbons (Fsp3) is 0.571. The molecule has 2 rings (SSSR count). The quantitative estimate of drug-likeness (QED) is 0.785. The van der Waals surface area contributed by atoms with E-state index in [1.807, 2.05) is 19.9 Å². The topological polar surface area (TPSA) is 58.2 Å². The van der Waals surface area contributed by atoms with Crippen LogP contribution in [-0.4, -0.2) is 21.0 Å². The Morgan fingerprint density at radius 2 is 2.05 bits per heavy atom. The van der Waals surface area contributed by atoms with Crippen LogP contribution in [0, 0.1) is 6.92 Å². The molecule has 0 saturated heterocycles. The van der Waals surface area contributed by atoms with E-state index in [-0.39, 0.29) is 0 Å². The van der Waals surface area contributed by atoms with Gasteiger partial charge in [0.05, 0.1) is 4.90 Å². The zero-order valence-corrected chi connectivity index (χ0v) is 14.3. The van der Waals surface area contributed by atoms with Crippen molar-refractivity contribution in [3.8, 4) is 0 Å². The first-order valence-electron chi connectivity index (χ1n) is 6.96. The van der Waals surface area contributed by atoms with Crippen molar-refractivity contribution >= 4 is 26.0 Å². The molecule has 1 aromatic carbocycles. The van der Waals surface area contributed by atoms with Gasteiger partial charge in [-0.3, -0.25) is 0 Å². The molecular weight excluding hydrogens is 340 g/mol.